The summed E-state index contributed by atoms with van der Waals surface area (Å²) in [6.45, 7) is 3.29. The molecular weight excluding hydrogens is 334 g/mol. The van der Waals surface area contributed by atoms with Gasteiger partial charge in [-0.15, -0.1) is 0 Å². The fraction of sp³-hybridized carbons (Fsp3) is 0.421. The van der Waals surface area contributed by atoms with Gasteiger partial charge in [-0.25, -0.2) is 4.79 Å². The van der Waals surface area contributed by atoms with E-state index in [1.165, 1.54) is 6.92 Å². The van der Waals surface area contributed by atoms with E-state index in [1.54, 1.807) is 6.20 Å². The fourth-order valence-electron chi connectivity index (χ4n) is 2.91. The minimum Gasteiger partial charge on any atom is -0.480 e. The van der Waals surface area contributed by atoms with E-state index in [0.717, 1.165) is 22.9 Å². The van der Waals surface area contributed by atoms with Crippen LogP contribution in [0.25, 0.3) is 10.9 Å². The van der Waals surface area contributed by atoms with Crippen LogP contribution >= 0.6 is 0 Å². The van der Waals surface area contributed by atoms with Crippen molar-refractivity contribution < 1.29 is 19.5 Å². The molecule has 7 heteroatoms. The Morgan fingerprint density at radius 2 is 1.88 bits per heavy atom. The predicted octanol–water partition coefficient (Wildman–Crippen LogP) is 1.97. The van der Waals surface area contributed by atoms with Gasteiger partial charge in [-0.3, -0.25) is 9.59 Å². The van der Waals surface area contributed by atoms with Gasteiger partial charge >= 0.3 is 5.97 Å². The minimum absolute atomic E-state index is 0.273. The Hall–Kier alpha value is -2.83. The average Bonchev–Trinajstić information content (AvgIpc) is 3.00. The van der Waals surface area contributed by atoms with Crippen LogP contribution < -0.4 is 10.6 Å². The number of H-pyrrole nitrogens is 1. The zero-order valence-corrected chi connectivity index (χ0v) is 15.0. The normalized spacial score (nSPS) is 13.2. The maximum atomic E-state index is 12.6. The second-order valence-electron chi connectivity index (χ2n) is 6.36. The van der Waals surface area contributed by atoms with Crippen LogP contribution in [0.3, 0.4) is 0 Å². The molecule has 4 N–H and O–H groups in total. The van der Waals surface area contributed by atoms with Crippen LogP contribution in [0.2, 0.25) is 0 Å². The van der Waals surface area contributed by atoms with Gasteiger partial charge in [0.2, 0.25) is 11.8 Å². The maximum absolute atomic E-state index is 12.6. The van der Waals surface area contributed by atoms with Crippen molar-refractivity contribution >= 4 is 28.7 Å². The second kappa shape index (κ2) is 9.03. The largest absolute Gasteiger partial charge is 0.480 e. The summed E-state index contributed by atoms with van der Waals surface area (Å²) < 4.78 is 0. The van der Waals surface area contributed by atoms with Crippen LogP contribution in [0.1, 0.15) is 38.7 Å². The van der Waals surface area contributed by atoms with E-state index >= 15 is 0 Å². The second-order valence-corrected chi connectivity index (χ2v) is 6.36. The molecule has 0 aliphatic carbocycles. The van der Waals surface area contributed by atoms with Crippen LogP contribution in [0, 0.1) is 0 Å². The van der Waals surface area contributed by atoms with Crippen molar-refractivity contribution in [3.8, 4) is 0 Å². The standard InChI is InChI=1S/C19H25N3O4/c1-3-4-8-16(19(25)26)22-18(24)17(21-12(2)23)10-13-11-20-15-9-6-5-7-14(13)15/h5-7,9,11,16-17,20H,3-4,8,10H2,1-2H3,(H,21,23)(H,22,24)(H,25,26). The Bertz CT molecular complexity index is 784. The summed E-state index contributed by atoms with van der Waals surface area (Å²) in [5, 5.41) is 15.5. The smallest absolute Gasteiger partial charge is 0.326 e. The number of unbranched alkanes of at least 4 members (excludes halogenated alkanes) is 1. The zero-order chi connectivity index (χ0) is 19.1. The van der Waals surface area contributed by atoms with E-state index in [0.29, 0.717) is 12.8 Å². The van der Waals surface area contributed by atoms with Gasteiger partial charge < -0.3 is 20.7 Å². The van der Waals surface area contributed by atoms with Crippen LogP contribution in [0.15, 0.2) is 30.5 Å². The molecule has 0 fully saturated rings. The highest BCUT2D eigenvalue weighted by atomic mass is 16.4. The number of carboxylic acids is 1. The van der Waals surface area contributed by atoms with Gasteiger partial charge in [0.15, 0.2) is 0 Å². The van der Waals surface area contributed by atoms with E-state index in [1.807, 2.05) is 31.2 Å². The van der Waals surface area contributed by atoms with Gasteiger partial charge in [0.25, 0.3) is 0 Å². The topological polar surface area (TPSA) is 111 Å². The first kappa shape index (κ1) is 19.5. The summed E-state index contributed by atoms with van der Waals surface area (Å²) in [6.07, 6.45) is 3.97. The summed E-state index contributed by atoms with van der Waals surface area (Å²) in [7, 11) is 0. The molecule has 2 amide bonds. The molecule has 2 atom stereocenters. The first-order chi connectivity index (χ1) is 12.4. The molecule has 0 saturated carbocycles. The number of rotatable bonds is 9. The highest BCUT2D eigenvalue weighted by molar-refractivity contribution is 5.91. The molecule has 0 saturated heterocycles. The van der Waals surface area contributed by atoms with Crippen LogP contribution in [0.4, 0.5) is 0 Å². The lowest BCUT2D eigenvalue weighted by molar-refractivity contribution is -0.142. The van der Waals surface area contributed by atoms with Crippen LogP contribution in [-0.4, -0.2) is 40.0 Å². The lowest BCUT2D eigenvalue weighted by atomic mass is 10.0. The zero-order valence-electron chi connectivity index (χ0n) is 15.0. The monoisotopic (exact) mass is 359 g/mol. The predicted molar refractivity (Wildman–Crippen MR) is 98.7 cm³/mol. The highest BCUT2D eigenvalue weighted by Gasteiger charge is 2.26. The summed E-state index contributed by atoms with van der Waals surface area (Å²) in [6, 6.07) is 5.88. The average molecular weight is 359 g/mol. The molecule has 0 aliphatic rings. The van der Waals surface area contributed by atoms with Crippen molar-refractivity contribution in [2.24, 2.45) is 0 Å². The van der Waals surface area contributed by atoms with Gasteiger partial charge in [-0.05, 0) is 18.1 Å². The Morgan fingerprint density at radius 3 is 2.54 bits per heavy atom. The molecule has 1 heterocycles. The number of hydrogen-bond donors (Lipinski definition) is 4. The van der Waals surface area contributed by atoms with Gasteiger partial charge in [-0.1, -0.05) is 38.0 Å². The third-order valence-corrected chi connectivity index (χ3v) is 4.25. The number of amides is 2. The summed E-state index contributed by atoms with van der Waals surface area (Å²) in [4.78, 5) is 38.7. The van der Waals surface area contributed by atoms with E-state index in [2.05, 4.69) is 15.6 Å². The summed E-state index contributed by atoms with van der Waals surface area (Å²) in [5.74, 6) is -1.90. The number of carbonyl (C=O) groups is 3. The SMILES string of the molecule is CCCCC(NC(=O)C(Cc1c[nH]c2ccccc12)NC(C)=O)C(=O)O. The highest BCUT2D eigenvalue weighted by Crippen LogP contribution is 2.19. The summed E-state index contributed by atoms with van der Waals surface area (Å²) in [5.41, 5.74) is 1.82. The van der Waals surface area contributed by atoms with Crippen LogP contribution in [0.5, 0.6) is 0 Å². The first-order valence-electron chi connectivity index (χ1n) is 8.77. The number of aromatic nitrogens is 1. The maximum Gasteiger partial charge on any atom is 0.326 e. The van der Waals surface area contributed by atoms with Gasteiger partial charge in [0.05, 0.1) is 0 Å². The number of fused-ring (bicyclic) bond motifs is 1. The number of para-hydroxylation sites is 1. The van der Waals surface area contributed by atoms with E-state index in [4.69, 9.17) is 0 Å². The Labute approximate surface area is 152 Å². The van der Waals surface area contributed by atoms with Crippen molar-refractivity contribution in [2.75, 3.05) is 0 Å². The molecule has 0 spiro atoms. The third-order valence-electron chi connectivity index (χ3n) is 4.25. The quantitative estimate of drug-likeness (QED) is 0.548. The number of carboxylic acid groups (broad SMARTS) is 1. The number of aromatic amines is 1. The molecular formula is C19H25N3O4. The van der Waals surface area contributed by atoms with E-state index in [-0.39, 0.29) is 12.3 Å². The molecule has 26 heavy (non-hydrogen) atoms. The molecule has 7 nitrogen and oxygen atoms in total. The molecule has 2 rings (SSSR count). The number of carbonyl (C=O) groups excluding carboxylic acids is 2. The molecule has 0 bridgehead atoms. The molecule has 140 valence electrons. The third kappa shape index (κ3) is 5.08. The summed E-state index contributed by atoms with van der Waals surface area (Å²) >= 11 is 0. The van der Waals surface area contributed by atoms with Crippen molar-refractivity contribution in [2.45, 2.75) is 51.6 Å². The molecule has 0 aliphatic heterocycles. The lowest BCUT2D eigenvalue weighted by Gasteiger charge is -2.21. The van der Waals surface area contributed by atoms with E-state index < -0.39 is 24.0 Å². The molecule has 1 aromatic heterocycles. The molecule has 0 radical (unpaired) electrons. The number of hydrogen-bond acceptors (Lipinski definition) is 3. The minimum atomic E-state index is -1.07. The number of aliphatic carboxylic acids is 1. The van der Waals surface area contributed by atoms with Crippen molar-refractivity contribution in [1.82, 2.24) is 15.6 Å². The lowest BCUT2D eigenvalue weighted by Crippen LogP contribution is -2.52. The van der Waals surface area contributed by atoms with Gasteiger partial charge in [0, 0.05) is 30.4 Å². The van der Waals surface area contributed by atoms with Crippen molar-refractivity contribution in [3.63, 3.8) is 0 Å². The Balaban J connectivity index is 2.16. The van der Waals surface area contributed by atoms with Crippen molar-refractivity contribution in [3.05, 3.63) is 36.0 Å². The first-order valence-corrected chi connectivity index (χ1v) is 8.77. The van der Waals surface area contributed by atoms with E-state index in [9.17, 15) is 19.5 Å². The fourth-order valence-corrected chi connectivity index (χ4v) is 2.91. The Morgan fingerprint density at radius 1 is 1.15 bits per heavy atom. The molecule has 2 unspecified atom stereocenters. The van der Waals surface area contributed by atoms with Crippen LogP contribution in [-0.2, 0) is 20.8 Å². The molecule has 2 aromatic rings. The van der Waals surface area contributed by atoms with Gasteiger partial charge in [-0.2, -0.15) is 0 Å². The number of benzene rings is 1. The number of nitrogens with one attached hydrogen (secondary N) is 3. The molecule has 1 aromatic carbocycles. The van der Waals surface area contributed by atoms with Gasteiger partial charge in [0.1, 0.15) is 12.1 Å². The van der Waals surface area contributed by atoms with Crippen molar-refractivity contribution in [1.29, 1.82) is 0 Å². The Kier molecular flexibility index (Phi) is 6.77.